The Balaban J connectivity index is 1.81. The Morgan fingerprint density at radius 2 is 1.74 bits per heavy atom. The highest BCUT2D eigenvalue weighted by Gasteiger charge is 2.06. The van der Waals surface area contributed by atoms with Crippen molar-refractivity contribution in [1.82, 2.24) is 5.32 Å². The van der Waals surface area contributed by atoms with Crippen molar-refractivity contribution in [1.29, 1.82) is 0 Å². The predicted molar refractivity (Wildman–Crippen MR) is 94.8 cm³/mol. The van der Waals surface area contributed by atoms with Crippen LogP contribution in [-0.4, -0.2) is 19.2 Å². The van der Waals surface area contributed by atoms with E-state index in [9.17, 15) is 4.79 Å². The third kappa shape index (κ3) is 5.34. The molecule has 0 bridgehead atoms. The highest BCUT2D eigenvalue weighted by molar-refractivity contribution is 6.36. The zero-order valence-corrected chi connectivity index (χ0v) is 14.2. The van der Waals surface area contributed by atoms with Crippen LogP contribution in [0.5, 0.6) is 5.75 Å². The number of halogens is 2. The molecule has 0 fully saturated rings. The Labute approximate surface area is 145 Å². The summed E-state index contributed by atoms with van der Waals surface area (Å²) >= 11 is 12.2. The molecule has 0 spiro atoms. The summed E-state index contributed by atoms with van der Waals surface area (Å²) in [5.74, 6) is 0.770. The number of urea groups is 1. The van der Waals surface area contributed by atoms with Crippen LogP contribution in [0.2, 0.25) is 10.0 Å². The quantitative estimate of drug-likeness (QED) is 0.787. The van der Waals surface area contributed by atoms with E-state index in [1.807, 2.05) is 19.1 Å². The smallest absolute Gasteiger partial charge is 0.319 e. The minimum Gasteiger partial charge on any atom is -0.494 e. The van der Waals surface area contributed by atoms with Crippen LogP contribution in [0, 0.1) is 0 Å². The number of ether oxygens (including phenoxy) is 1. The molecule has 0 saturated carbocycles. The molecule has 4 nitrogen and oxygen atoms in total. The number of hydrogen-bond donors (Lipinski definition) is 2. The molecule has 0 saturated heterocycles. The first-order chi connectivity index (χ1) is 11.1. The zero-order valence-electron chi connectivity index (χ0n) is 12.7. The highest BCUT2D eigenvalue weighted by Crippen LogP contribution is 2.24. The van der Waals surface area contributed by atoms with E-state index in [0.717, 1.165) is 11.3 Å². The van der Waals surface area contributed by atoms with E-state index in [1.54, 1.807) is 30.3 Å². The Bertz CT molecular complexity index is 640. The van der Waals surface area contributed by atoms with E-state index < -0.39 is 0 Å². The second-order valence-corrected chi connectivity index (χ2v) is 5.60. The minimum absolute atomic E-state index is 0.280. The zero-order chi connectivity index (χ0) is 16.7. The van der Waals surface area contributed by atoms with Crippen molar-refractivity contribution in [3.05, 3.63) is 58.1 Å². The fraction of sp³-hybridized carbons (Fsp3) is 0.235. The van der Waals surface area contributed by atoms with Gasteiger partial charge in [0, 0.05) is 22.3 Å². The molecule has 2 amide bonds. The van der Waals surface area contributed by atoms with Crippen LogP contribution in [0.15, 0.2) is 42.5 Å². The predicted octanol–water partition coefficient (Wildman–Crippen LogP) is 4.76. The summed E-state index contributed by atoms with van der Waals surface area (Å²) in [6, 6.07) is 12.3. The third-order valence-electron chi connectivity index (χ3n) is 3.15. The van der Waals surface area contributed by atoms with Crippen molar-refractivity contribution in [2.45, 2.75) is 13.3 Å². The van der Waals surface area contributed by atoms with Crippen LogP contribution in [0.3, 0.4) is 0 Å². The molecule has 23 heavy (non-hydrogen) atoms. The van der Waals surface area contributed by atoms with Crippen LogP contribution < -0.4 is 15.4 Å². The van der Waals surface area contributed by atoms with E-state index in [4.69, 9.17) is 27.9 Å². The second-order valence-electron chi connectivity index (χ2n) is 4.79. The summed E-state index contributed by atoms with van der Waals surface area (Å²) in [6.07, 6.45) is 0.565. The van der Waals surface area contributed by atoms with Crippen molar-refractivity contribution in [2.75, 3.05) is 18.5 Å². The monoisotopic (exact) mass is 352 g/mol. The molecule has 6 heteroatoms. The summed E-state index contributed by atoms with van der Waals surface area (Å²) in [5, 5.41) is 6.74. The fourth-order valence-electron chi connectivity index (χ4n) is 2.05. The number of hydrogen-bond acceptors (Lipinski definition) is 2. The van der Waals surface area contributed by atoms with Crippen molar-refractivity contribution in [2.24, 2.45) is 0 Å². The van der Waals surface area contributed by atoms with Gasteiger partial charge in [-0.2, -0.15) is 0 Å². The highest BCUT2D eigenvalue weighted by atomic mass is 35.5. The van der Waals surface area contributed by atoms with Crippen molar-refractivity contribution < 1.29 is 9.53 Å². The van der Waals surface area contributed by atoms with Crippen molar-refractivity contribution >= 4 is 34.9 Å². The van der Waals surface area contributed by atoms with Crippen LogP contribution in [0.25, 0.3) is 0 Å². The standard InChI is InChI=1S/C17H18Cl2N2O2/c1-2-23-13-8-6-12(7-9-13)21-17(22)20-11-10-14-15(18)4-3-5-16(14)19/h3-9H,2,10-11H2,1H3,(H2,20,21,22). The van der Waals surface area contributed by atoms with E-state index >= 15 is 0 Å². The first-order valence-electron chi connectivity index (χ1n) is 7.30. The average molecular weight is 353 g/mol. The van der Waals surface area contributed by atoms with E-state index in [-0.39, 0.29) is 6.03 Å². The Morgan fingerprint density at radius 3 is 2.35 bits per heavy atom. The largest absolute Gasteiger partial charge is 0.494 e. The lowest BCUT2D eigenvalue weighted by molar-refractivity contribution is 0.252. The normalized spacial score (nSPS) is 10.2. The summed E-state index contributed by atoms with van der Waals surface area (Å²) in [5.41, 5.74) is 1.53. The van der Waals surface area contributed by atoms with Gasteiger partial charge in [0.15, 0.2) is 0 Å². The topological polar surface area (TPSA) is 50.4 Å². The first kappa shape index (κ1) is 17.4. The third-order valence-corrected chi connectivity index (χ3v) is 3.85. The average Bonchev–Trinajstić information content (AvgIpc) is 2.52. The number of carbonyl (C=O) groups is 1. The maximum Gasteiger partial charge on any atom is 0.319 e. The molecule has 0 aliphatic heterocycles. The van der Waals surface area contributed by atoms with Crippen LogP contribution in [0.4, 0.5) is 10.5 Å². The van der Waals surface area contributed by atoms with Gasteiger partial charge in [-0.25, -0.2) is 4.79 Å². The second kappa shape index (κ2) is 8.65. The van der Waals surface area contributed by atoms with Gasteiger partial charge in [-0.05, 0) is 55.3 Å². The molecule has 0 atom stereocenters. The minimum atomic E-state index is -0.280. The van der Waals surface area contributed by atoms with Gasteiger partial charge in [0.05, 0.1) is 6.61 Å². The van der Waals surface area contributed by atoms with Gasteiger partial charge < -0.3 is 15.4 Å². The molecule has 0 radical (unpaired) electrons. The van der Waals surface area contributed by atoms with Gasteiger partial charge in [-0.3, -0.25) is 0 Å². The maximum atomic E-state index is 11.9. The molecule has 0 aliphatic carbocycles. The van der Waals surface area contributed by atoms with Gasteiger partial charge in [-0.1, -0.05) is 29.3 Å². The Kier molecular flexibility index (Phi) is 6.56. The lowest BCUT2D eigenvalue weighted by Gasteiger charge is -2.10. The number of rotatable bonds is 6. The summed E-state index contributed by atoms with van der Waals surface area (Å²) in [7, 11) is 0. The molecule has 2 aromatic rings. The van der Waals surface area contributed by atoms with Gasteiger partial charge in [0.1, 0.15) is 5.75 Å². The SMILES string of the molecule is CCOc1ccc(NC(=O)NCCc2c(Cl)cccc2Cl)cc1. The number of benzene rings is 2. The van der Waals surface area contributed by atoms with Crippen LogP contribution >= 0.6 is 23.2 Å². The van der Waals surface area contributed by atoms with Crippen molar-refractivity contribution in [3.63, 3.8) is 0 Å². The Morgan fingerprint density at radius 1 is 1.09 bits per heavy atom. The molecule has 0 heterocycles. The van der Waals surface area contributed by atoms with Gasteiger partial charge >= 0.3 is 6.03 Å². The molecule has 0 unspecified atom stereocenters. The van der Waals surface area contributed by atoms with Crippen LogP contribution in [0.1, 0.15) is 12.5 Å². The van der Waals surface area contributed by atoms with Gasteiger partial charge in [0.25, 0.3) is 0 Å². The summed E-state index contributed by atoms with van der Waals surface area (Å²) < 4.78 is 5.35. The first-order valence-corrected chi connectivity index (χ1v) is 8.06. The molecule has 2 aromatic carbocycles. The van der Waals surface area contributed by atoms with E-state index in [2.05, 4.69) is 10.6 Å². The number of amides is 2. The molecule has 0 aliphatic rings. The molecule has 2 N–H and O–H groups in total. The van der Waals surface area contributed by atoms with E-state index in [1.165, 1.54) is 0 Å². The van der Waals surface area contributed by atoms with Gasteiger partial charge in [0.2, 0.25) is 0 Å². The number of nitrogens with one attached hydrogen (secondary N) is 2. The van der Waals surface area contributed by atoms with Gasteiger partial charge in [-0.15, -0.1) is 0 Å². The summed E-state index contributed by atoms with van der Waals surface area (Å²) in [6.45, 7) is 2.97. The molecule has 122 valence electrons. The lowest BCUT2D eigenvalue weighted by Crippen LogP contribution is -2.30. The number of anilines is 1. The maximum absolute atomic E-state index is 11.9. The molecule has 0 aromatic heterocycles. The molecular weight excluding hydrogens is 335 g/mol. The van der Waals surface area contributed by atoms with Crippen LogP contribution in [-0.2, 0) is 6.42 Å². The molecule has 2 rings (SSSR count). The Hall–Kier alpha value is -1.91. The number of carbonyl (C=O) groups excluding carboxylic acids is 1. The van der Waals surface area contributed by atoms with Crippen molar-refractivity contribution in [3.8, 4) is 5.75 Å². The van der Waals surface area contributed by atoms with E-state index in [0.29, 0.717) is 35.3 Å². The summed E-state index contributed by atoms with van der Waals surface area (Å²) in [4.78, 5) is 11.9. The fourth-order valence-corrected chi connectivity index (χ4v) is 2.64. The molecular formula is C17H18Cl2N2O2. The lowest BCUT2D eigenvalue weighted by atomic mass is 10.1.